The van der Waals surface area contributed by atoms with Crippen LogP contribution in [0.25, 0.3) is 0 Å². The maximum Gasteiger partial charge on any atom is 0.326 e. The van der Waals surface area contributed by atoms with Gasteiger partial charge in [0.1, 0.15) is 12.1 Å². The topological polar surface area (TPSA) is 292 Å². The van der Waals surface area contributed by atoms with Gasteiger partial charge in [-0.1, -0.05) is 77.0 Å². The Morgan fingerprint density at radius 1 is 0.439 bits per heavy atom. The molecule has 0 aromatic carbocycles. The van der Waals surface area contributed by atoms with Crippen LogP contribution in [0.1, 0.15) is 161 Å². The number of amides is 4. The first-order chi connectivity index (χ1) is 27.3. The second-order valence-electron chi connectivity index (χ2n) is 14.8. The molecule has 57 heavy (non-hydrogen) atoms. The molecule has 0 aliphatic carbocycles. The van der Waals surface area contributed by atoms with Crippen molar-refractivity contribution < 1.29 is 48.9 Å². The van der Waals surface area contributed by atoms with E-state index >= 15 is 0 Å². The van der Waals surface area contributed by atoms with Crippen molar-refractivity contribution in [3.05, 3.63) is 0 Å². The molecule has 0 radical (unpaired) electrons. The summed E-state index contributed by atoms with van der Waals surface area (Å²) in [5, 5.41) is 38.0. The summed E-state index contributed by atoms with van der Waals surface area (Å²) in [6, 6.07) is -3.27. The molecule has 0 unspecified atom stereocenters. The van der Waals surface area contributed by atoms with Gasteiger partial charge in [0.2, 0.25) is 23.6 Å². The maximum absolute atomic E-state index is 12.3. The standard InChI is InChI=1S/C39H73N7O10S/c40-29(36(51)43-27-17-14-20-30(41)37(52)44-28-18-15-21-32(46-57)39(55)56)19-13-16-26-42-33(47)25-24-31(38(53)54)45-34(48)22-11-9-7-5-3-1-2-4-6-8-10-12-23-35(49)50/h29-32,46,57H,1-28,40-41H2,(H,42,47)(H,43,51)(H,44,52)(H,45,48)(H,49,50)(H,53,54)(H,55,56)/t29-,30-,31-,32-/m0/s1. The molecule has 12 N–H and O–H groups in total. The second-order valence-corrected chi connectivity index (χ2v) is 15.0. The van der Waals surface area contributed by atoms with Gasteiger partial charge in [0.15, 0.2) is 0 Å². The van der Waals surface area contributed by atoms with Crippen LogP contribution in [-0.2, 0) is 33.6 Å². The fourth-order valence-corrected chi connectivity index (χ4v) is 6.33. The number of carbonyl (C=O) groups excluding carboxylic acids is 4. The van der Waals surface area contributed by atoms with E-state index in [0.717, 1.165) is 51.4 Å². The van der Waals surface area contributed by atoms with Gasteiger partial charge in [0, 0.05) is 38.9 Å². The van der Waals surface area contributed by atoms with E-state index < -0.39 is 42.1 Å². The Bertz CT molecular complexity index is 1170. The first kappa shape index (κ1) is 53.5. The van der Waals surface area contributed by atoms with E-state index in [1.54, 1.807) is 0 Å². The minimum absolute atomic E-state index is 0.0210. The number of rotatable bonds is 39. The number of thiol groups is 1. The van der Waals surface area contributed by atoms with Gasteiger partial charge in [-0.05, 0) is 77.0 Å². The molecule has 0 aromatic rings. The predicted molar refractivity (Wildman–Crippen MR) is 221 cm³/mol. The van der Waals surface area contributed by atoms with Gasteiger partial charge in [0.25, 0.3) is 0 Å². The third-order valence-electron chi connectivity index (χ3n) is 9.69. The zero-order valence-corrected chi connectivity index (χ0v) is 34.8. The number of unbranched alkanes of at least 4 members (excludes halogenated alkanes) is 14. The zero-order chi connectivity index (χ0) is 42.7. The summed E-state index contributed by atoms with van der Waals surface area (Å²) >= 11 is 3.79. The van der Waals surface area contributed by atoms with Crippen molar-refractivity contribution in [1.29, 1.82) is 0 Å². The molecule has 0 aliphatic rings. The van der Waals surface area contributed by atoms with Gasteiger partial charge in [-0.2, -0.15) is 0 Å². The minimum atomic E-state index is -1.18. The third kappa shape index (κ3) is 32.2. The summed E-state index contributed by atoms with van der Waals surface area (Å²) < 4.78 is 2.42. The molecule has 18 heteroatoms. The zero-order valence-electron chi connectivity index (χ0n) is 33.9. The van der Waals surface area contributed by atoms with Crippen LogP contribution in [0.15, 0.2) is 0 Å². The molecule has 0 fully saturated rings. The monoisotopic (exact) mass is 832 g/mol. The van der Waals surface area contributed by atoms with Crippen LogP contribution in [0.4, 0.5) is 0 Å². The SMILES string of the molecule is N[C@@H](CCCCNC(=O)CC[C@H](NC(=O)CCCCCCCCCCCCCCC(=O)O)C(=O)O)C(=O)NCCCC[C@H](N)C(=O)NCCCC[C@H](NS)C(=O)O. The van der Waals surface area contributed by atoms with Crippen LogP contribution < -0.4 is 37.5 Å². The second kappa shape index (κ2) is 35.7. The molecule has 0 saturated heterocycles. The highest BCUT2D eigenvalue weighted by Gasteiger charge is 2.21. The molecule has 0 spiro atoms. The molecule has 0 aromatic heterocycles. The van der Waals surface area contributed by atoms with E-state index in [2.05, 4.69) is 38.8 Å². The molecule has 330 valence electrons. The summed E-state index contributed by atoms with van der Waals surface area (Å²) in [5.41, 5.74) is 12.0. The number of aliphatic carboxylic acids is 3. The Labute approximate surface area is 344 Å². The van der Waals surface area contributed by atoms with Crippen molar-refractivity contribution in [3.8, 4) is 0 Å². The molecule has 0 aliphatic heterocycles. The van der Waals surface area contributed by atoms with Crippen LogP contribution in [0.5, 0.6) is 0 Å². The van der Waals surface area contributed by atoms with Crippen LogP contribution in [0.3, 0.4) is 0 Å². The summed E-state index contributed by atoms with van der Waals surface area (Å²) in [5.74, 6) is -4.11. The van der Waals surface area contributed by atoms with Crippen molar-refractivity contribution in [2.45, 2.75) is 185 Å². The van der Waals surface area contributed by atoms with Crippen molar-refractivity contribution in [2.24, 2.45) is 11.5 Å². The number of nitrogens with two attached hydrogens (primary N) is 2. The highest BCUT2D eigenvalue weighted by molar-refractivity contribution is 7.78. The Morgan fingerprint density at radius 2 is 0.842 bits per heavy atom. The Morgan fingerprint density at radius 3 is 1.26 bits per heavy atom. The van der Waals surface area contributed by atoms with Crippen molar-refractivity contribution in [3.63, 3.8) is 0 Å². The normalized spacial score (nSPS) is 13.2. The van der Waals surface area contributed by atoms with E-state index in [9.17, 15) is 38.7 Å². The smallest absolute Gasteiger partial charge is 0.326 e. The van der Waals surface area contributed by atoms with Crippen LogP contribution in [0.2, 0.25) is 0 Å². The fourth-order valence-electron chi connectivity index (χ4n) is 6.09. The van der Waals surface area contributed by atoms with Gasteiger partial charge in [-0.15, -0.1) is 0 Å². The van der Waals surface area contributed by atoms with Crippen molar-refractivity contribution in [2.75, 3.05) is 19.6 Å². The number of hydrogen-bond acceptors (Lipinski definition) is 11. The van der Waals surface area contributed by atoms with Crippen molar-refractivity contribution in [1.82, 2.24) is 26.0 Å². The van der Waals surface area contributed by atoms with Crippen molar-refractivity contribution >= 4 is 54.4 Å². The summed E-state index contributed by atoms with van der Waals surface area (Å²) in [4.78, 5) is 82.2. The molecular weight excluding hydrogens is 759 g/mol. The van der Waals surface area contributed by atoms with E-state index in [1.807, 2.05) is 0 Å². The van der Waals surface area contributed by atoms with E-state index in [1.165, 1.54) is 19.3 Å². The number of carboxylic acid groups (broad SMARTS) is 3. The molecule has 0 rings (SSSR count). The molecule has 4 atom stereocenters. The number of carbonyl (C=O) groups is 7. The van der Waals surface area contributed by atoms with Crippen LogP contribution in [-0.4, -0.2) is 101 Å². The highest BCUT2D eigenvalue weighted by Crippen LogP contribution is 2.13. The number of carboxylic acids is 3. The lowest BCUT2D eigenvalue weighted by molar-refractivity contribution is -0.142. The van der Waals surface area contributed by atoms with E-state index in [4.69, 9.17) is 21.7 Å². The largest absolute Gasteiger partial charge is 0.481 e. The average molecular weight is 832 g/mol. The van der Waals surface area contributed by atoms with Crippen LogP contribution >= 0.6 is 12.8 Å². The lowest BCUT2D eigenvalue weighted by Crippen LogP contribution is -2.42. The average Bonchev–Trinajstić information content (AvgIpc) is 3.16. The molecule has 0 bridgehead atoms. The quantitative estimate of drug-likeness (QED) is 0.0314. The molecule has 17 nitrogen and oxygen atoms in total. The predicted octanol–water partition coefficient (Wildman–Crippen LogP) is 3.28. The molecule has 4 amide bonds. The summed E-state index contributed by atoms with van der Waals surface area (Å²) in [6.45, 7) is 1.13. The van der Waals surface area contributed by atoms with E-state index in [-0.39, 0.29) is 49.3 Å². The summed E-state index contributed by atoms with van der Waals surface area (Å²) in [7, 11) is 0. The first-order valence-corrected chi connectivity index (χ1v) is 21.4. The van der Waals surface area contributed by atoms with E-state index in [0.29, 0.717) is 83.8 Å². The maximum atomic E-state index is 12.3. The fraction of sp³-hybridized carbons (Fsp3) is 0.821. The minimum Gasteiger partial charge on any atom is -0.481 e. The number of nitrogens with one attached hydrogen (secondary N) is 5. The Kier molecular flexibility index (Phi) is 33.5. The summed E-state index contributed by atoms with van der Waals surface area (Å²) in [6.07, 6.45) is 17.6. The van der Waals surface area contributed by atoms with Gasteiger partial charge in [-0.25, -0.2) is 4.79 Å². The molecule has 0 heterocycles. The third-order valence-corrected chi connectivity index (χ3v) is 10.0. The molecular formula is C39H73N7O10S. The van der Waals surface area contributed by atoms with Gasteiger partial charge in [0.05, 0.1) is 12.1 Å². The molecule has 0 saturated carbocycles. The first-order valence-electron chi connectivity index (χ1n) is 21.0. The lowest BCUT2D eigenvalue weighted by Gasteiger charge is -2.15. The highest BCUT2D eigenvalue weighted by atomic mass is 32.1. The Balaban J connectivity index is 3.90. The Hall–Kier alpha value is -3.48. The van der Waals surface area contributed by atoms with Crippen LogP contribution in [0, 0.1) is 0 Å². The number of hydrogen-bond donors (Lipinski definition) is 11. The van der Waals surface area contributed by atoms with Gasteiger partial charge >= 0.3 is 17.9 Å². The van der Waals surface area contributed by atoms with Gasteiger partial charge in [-0.3, -0.25) is 33.5 Å². The van der Waals surface area contributed by atoms with Gasteiger partial charge < -0.3 is 48.1 Å². The lowest BCUT2D eigenvalue weighted by atomic mass is 10.0.